The highest BCUT2D eigenvalue weighted by atomic mass is 16.5. The maximum Gasteiger partial charge on any atom is 0.408 e. The number of para-hydroxylation sites is 2. The number of aliphatic carboxylic acids is 1. The van der Waals surface area contributed by atoms with Gasteiger partial charge in [0.15, 0.2) is 0 Å². The maximum atomic E-state index is 12.9. The molecule has 0 saturated heterocycles. The standard InChI is InChI=1S/C30H32N6O6/c1-35(2)30(41)36(18-26-32-23-10-6-7-11-24(23)33-26)17-20-12-14-22(15-13-20)27(37)31-16-25(28(38)39)34-29(40)42-19-21-8-4-3-5-9-21/h3-15,25H,16-19H2,1-2H3,(H,31,37)(H,32,33)(H,34,40)(H,38,39). The molecular formula is C30H32N6O6. The lowest BCUT2D eigenvalue weighted by atomic mass is 10.1. The van der Waals surface area contributed by atoms with Crippen molar-refractivity contribution in [2.24, 2.45) is 0 Å². The second-order valence-corrected chi connectivity index (χ2v) is 9.74. The second-order valence-electron chi connectivity index (χ2n) is 9.74. The summed E-state index contributed by atoms with van der Waals surface area (Å²) >= 11 is 0. The number of benzene rings is 3. The molecule has 0 bridgehead atoms. The summed E-state index contributed by atoms with van der Waals surface area (Å²) in [5, 5.41) is 14.3. The Kier molecular flexibility index (Phi) is 9.72. The van der Waals surface area contributed by atoms with Crippen molar-refractivity contribution in [3.05, 3.63) is 101 Å². The minimum absolute atomic E-state index is 0.0203. The Hall–Kier alpha value is -5.39. The van der Waals surface area contributed by atoms with E-state index in [0.717, 1.165) is 22.2 Å². The molecular weight excluding hydrogens is 540 g/mol. The zero-order chi connectivity index (χ0) is 30.1. The van der Waals surface area contributed by atoms with Gasteiger partial charge in [-0.15, -0.1) is 0 Å². The first-order valence-electron chi connectivity index (χ1n) is 13.2. The van der Waals surface area contributed by atoms with E-state index in [1.807, 2.05) is 30.3 Å². The molecule has 1 unspecified atom stereocenters. The monoisotopic (exact) mass is 572 g/mol. The van der Waals surface area contributed by atoms with Gasteiger partial charge in [0, 0.05) is 32.7 Å². The van der Waals surface area contributed by atoms with Crippen LogP contribution in [0.5, 0.6) is 0 Å². The van der Waals surface area contributed by atoms with E-state index in [0.29, 0.717) is 5.82 Å². The molecule has 0 aliphatic rings. The van der Waals surface area contributed by atoms with Gasteiger partial charge in [-0.25, -0.2) is 19.4 Å². The van der Waals surface area contributed by atoms with Crippen LogP contribution in [0.15, 0.2) is 78.9 Å². The van der Waals surface area contributed by atoms with E-state index in [2.05, 4.69) is 20.6 Å². The Morgan fingerprint density at radius 3 is 2.26 bits per heavy atom. The molecule has 4 rings (SSSR count). The lowest BCUT2D eigenvalue weighted by molar-refractivity contribution is -0.139. The number of carboxylic acids is 1. The zero-order valence-electron chi connectivity index (χ0n) is 23.2. The smallest absolute Gasteiger partial charge is 0.408 e. The van der Waals surface area contributed by atoms with Crippen molar-refractivity contribution in [3.8, 4) is 0 Å². The van der Waals surface area contributed by atoms with Gasteiger partial charge in [-0.2, -0.15) is 0 Å². The molecule has 1 heterocycles. The number of alkyl carbamates (subject to hydrolysis) is 1. The Labute approximate surface area is 242 Å². The number of ether oxygens (including phenoxy) is 1. The van der Waals surface area contributed by atoms with E-state index in [1.165, 1.54) is 4.90 Å². The number of amides is 4. The number of H-pyrrole nitrogens is 1. The fourth-order valence-corrected chi connectivity index (χ4v) is 4.12. The number of carboxylic acid groups (broad SMARTS) is 1. The van der Waals surface area contributed by atoms with Crippen LogP contribution in [0.25, 0.3) is 11.0 Å². The van der Waals surface area contributed by atoms with Crippen molar-refractivity contribution in [1.82, 2.24) is 30.4 Å². The molecule has 0 saturated carbocycles. The summed E-state index contributed by atoms with van der Waals surface area (Å²) in [4.78, 5) is 60.2. The third-order valence-corrected chi connectivity index (χ3v) is 6.29. The number of rotatable bonds is 11. The molecule has 1 aromatic heterocycles. The minimum Gasteiger partial charge on any atom is -0.480 e. The zero-order valence-corrected chi connectivity index (χ0v) is 23.2. The van der Waals surface area contributed by atoms with Gasteiger partial charge < -0.3 is 35.3 Å². The van der Waals surface area contributed by atoms with Crippen molar-refractivity contribution in [3.63, 3.8) is 0 Å². The third-order valence-electron chi connectivity index (χ3n) is 6.29. The number of urea groups is 1. The van der Waals surface area contributed by atoms with Crippen molar-refractivity contribution >= 4 is 35.0 Å². The summed E-state index contributed by atoms with van der Waals surface area (Å²) in [6.45, 7) is 0.157. The van der Waals surface area contributed by atoms with Crippen LogP contribution in [-0.4, -0.2) is 75.6 Å². The van der Waals surface area contributed by atoms with Crippen molar-refractivity contribution in [2.75, 3.05) is 20.6 Å². The Balaban J connectivity index is 1.32. The van der Waals surface area contributed by atoms with Gasteiger partial charge in [0.1, 0.15) is 18.5 Å². The molecule has 0 spiro atoms. The number of nitrogens with zero attached hydrogens (tertiary/aromatic N) is 3. The maximum absolute atomic E-state index is 12.9. The van der Waals surface area contributed by atoms with Crippen LogP contribution in [0.2, 0.25) is 0 Å². The molecule has 4 aromatic rings. The summed E-state index contributed by atoms with van der Waals surface area (Å²) in [7, 11) is 3.34. The molecule has 0 aliphatic heterocycles. The quantitative estimate of drug-likeness (QED) is 0.215. The molecule has 0 fully saturated rings. The summed E-state index contributed by atoms with van der Waals surface area (Å²) in [5.74, 6) is -1.19. The topological polar surface area (TPSA) is 157 Å². The molecule has 12 heteroatoms. The second kappa shape index (κ2) is 13.8. The molecule has 4 N–H and O–H groups in total. The number of aromatic nitrogens is 2. The summed E-state index contributed by atoms with van der Waals surface area (Å²) in [6.07, 6.45) is -0.913. The van der Waals surface area contributed by atoms with Gasteiger partial charge in [0.05, 0.1) is 17.6 Å². The first-order valence-corrected chi connectivity index (χ1v) is 13.2. The number of hydrogen-bond donors (Lipinski definition) is 4. The van der Waals surface area contributed by atoms with Gasteiger partial charge in [0.25, 0.3) is 5.91 Å². The Morgan fingerprint density at radius 1 is 0.905 bits per heavy atom. The van der Waals surface area contributed by atoms with Crippen LogP contribution in [-0.2, 0) is 29.2 Å². The number of aromatic amines is 1. The van der Waals surface area contributed by atoms with E-state index >= 15 is 0 Å². The van der Waals surface area contributed by atoms with E-state index in [4.69, 9.17) is 4.74 Å². The lowest BCUT2D eigenvalue weighted by Gasteiger charge is -2.25. The predicted octanol–water partition coefficient (Wildman–Crippen LogP) is 3.36. The molecule has 218 valence electrons. The van der Waals surface area contributed by atoms with Gasteiger partial charge in [-0.3, -0.25) is 4.79 Å². The molecule has 0 aliphatic carbocycles. The molecule has 3 aromatic carbocycles. The fourth-order valence-electron chi connectivity index (χ4n) is 4.12. The fraction of sp³-hybridized carbons (Fsp3) is 0.233. The first kappa shape index (κ1) is 29.6. The van der Waals surface area contributed by atoms with Crippen LogP contribution in [0.1, 0.15) is 27.3 Å². The van der Waals surface area contributed by atoms with Gasteiger partial charge in [-0.1, -0.05) is 54.6 Å². The highest BCUT2D eigenvalue weighted by molar-refractivity contribution is 5.94. The van der Waals surface area contributed by atoms with Crippen molar-refractivity contribution in [1.29, 1.82) is 0 Å². The number of carbonyl (C=O) groups excluding carboxylic acids is 3. The molecule has 12 nitrogen and oxygen atoms in total. The third kappa shape index (κ3) is 8.07. The van der Waals surface area contributed by atoms with Crippen LogP contribution in [0.4, 0.5) is 9.59 Å². The van der Waals surface area contributed by atoms with Gasteiger partial charge in [0.2, 0.25) is 0 Å². The summed E-state index contributed by atoms with van der Waals surface area (Å²) in [5.41, 5.74) is 3.51. The first-order chi connectivity index (χ1) is 20.2. The van der Waals surface area contributed by atoms with E-state index < -0.39 is 24.0 Å². The van der Waals surface area contributed by atoms with Gasteiger partial charge in [-0.05, 0) is 35.4 Å². The molecule has 0 radical (unpaired) electrons. The van der Waals surface area contributed by atoms with E-state index in [1.54, 1.807) is 67.5 Å². The average Bonchev–Trinajstić information content (AvgIpc) is 3.40. The van der Waals surface area contributed by atoms with E-state index in [-0.39, 0.29) is 37.8 Å². The normalized spacial score (nSPS) is 11.4. The van der Waals surface area contributed by atoms with Crippen LogP contribution in [0.3, 0.4) is 0 Å². The largest absolute Gasteiger partial charge is 0.480 e. The van der Waals surface area contributed by atoms with Crippen LogP contribution < -0.4 is 10.6 Å². The predicted molar refractivity (Wildman–Crippen MR) is 154 cm³/mol. The average molecular weight is 573 g/mol. The summed E-state index contributed by atoms with van der Waals surface area (Å²) < 4.78 is 5.07. The number of nitrogens with one attached hydrogen (secondary N) is 3. The number of hydrogen-bond acceptors (Lipinski definition) is 6. The molecule has 4 amide bonds. The Bertz CT molecular complexity index is 1500. The molecule has 42 heavy (non-hydrogen) atoms. The van der Waals surface area contributed by atoms with E-state index in [9.17, 15) is 24.3 Å². The van der Waals surface area contributed by atoms with Crippen molar-refractivity contribution in [2.45, 2.75) is 25.7 Å². The minimum atomic E-state index is -1.39. The molecule has 1 atom stereocenters. The highest BCUT2D eigenvalue weighted by Crippen LogP contribution is 2.15. The highest BCUT2D eigenvalue weighted by Gasteiger charge is 2.22. The number of imidazole rings is 1. The number of carbonyl (C=O) groups is 4. The van der Waals surface area contributed by atoms with Crippen molar-refractivity contribution < 1.29 is 29.0 Å². The van der Waals surface area contributed by atoms with Crippen LogP contribution in [0, 0.1) is 0 Å². The number of fused-ring (bicyclic) bond motifs is 1. The lowest BCUT2D eigenvalue weighted by Crippen LogP contribution is -2.48. The SMILES string of the molecule is CN(C)C(=O)N(Cc1ccc(C(=O)NCC(NC(=O)OCc2ccccc2)C(=O)O)cc1)Cc1nc2ccccc2[nH]1. The van der Waals surface area contributed by atoms with Gasteiger partial charge >= 0.3 is 18.1 Å². The summed E-state index contributed by atoms with van der Waals surface area (Å²) in [6, 6.07) is 21.6. The van der Waals surface area contributed by atoms with Crippen LogP contribution >= 0.6 is 0 Å². The Morgan fingerprint density at radius 2 is 1.60 bits per heavy atom.